The Bertz CT molecular complexity index is 508. The van der Waals surface area contributed by atoms with Crippen LogP contribution in [0.2, 0.25) is 0 Å². The van der Waals surface area contributed by atoms with E-state index in [4.69, 9.17) is 0 Å². The van der Waals surface area contributed by atoms with Crippen molar-refractivity contribution in [1.82, 2.24) is 5.32 Å². The molecule has 20 heavy (non-hydrogen) atoms. The predicted octanol–water partition coefficient (Wildman–Crippen LogP) is 2.80. The second-order valence-corrected chi connectivity index (χ2v) is 4.83. The van der Waals surface area contributed by atoms with Crippen molar-refractivity contribution in [2.45, 2.75) is 25.4 Å². The first-order chi connectivity index (χ1) is 9.38. The minimum absolute atomic E-state index is 0.0971. The van der Waals surface area contributed by atoms with Crippen molar-refractivity contribution in [2.75, 3.05) is 6.54 Å². The average Bonchev–Trinajstić information content (AvgIpc) is 2.62. The summed E-state index contributed by atoms with van der Waals surface area (Å²) in [5, 5.41) is 2.67. The fourth-order valence-electron chi connectivity index (χ4n) is 2.26. The lowest BCUT2D eigenvalue weighted by molar-refractivity contribution is -0.137. The Hall–Kier alpha value is -1.85. The van der Waals surface area contributed by atoms with Crippen LogP contribution in [0.25, 0.3) is 0 Å². The number of amides is 1. The molecule has 6 heteroatoms. The largest absolute Gasteiger partial charge is 0.416 e. The van der Waals surface area contributed by atoms with E-state index >= 15 is 0 Å². The van der Waals surface area contributed by atoms with Crippen LogP contribution in [0.3, 0.4) is 0 Å². The van der Waals surface area contributed by atoms with Crippen molar-refractivity contribution < 1.29 is 22.8 Å². The van der Waals surface area contributed by atoms with Gasteiger partial charge >= 0.3 is 6.18 Å². The molecule has 108 valence electrons. The molecule has 0 radical (unpaired) electrons. The highest BCUT2D eigenvalue weighted by molar-refractivity contribution is 6.00. The summed E-state index contributed by atoms with van der Waals surface area (Å²) in [5.74, 6) is -0.905. The van der Waals surface area contributed by atoms with Gasteiger partial charge in [0.1, 0.15) is 0 Å². The minimum atomic E-state index is -4.41. The molecular formula is C14H14F3NO2. The number of nitrogens with one attached hydrogen (secondary N) is 1. The summed E-state index contributed by atoms with van der Waals surface area (Å²) in [7, 11) is 0. The van der Waals surface area contributed by atoms with Gasteiger partial charge in [0.15, 0.2) is 5.78 Å². The number of alkyl halides is 3. The van der Waals surface area contributed by atoms with Gasteiger partial charge in [-0.3, -0.25) is 9.59 Å². The molecule has 0 bridgehead atoms. The van der Waals surface area contributed by atoms with Gasteiger partial charge in [-0.05, 0) is 25.0 Å². The molecule has 3 nitrogen and oxygen atoms in total. The summed E-state index contributed by atoms with van der Waals surface area (Å²) in [6.07, 6.45) is -3.05. The Labute approximate surface area is 114 Å². The number of rotatable bonds is 2. The molecule has 1 aliphatic heterocycles. The maximum Gasteiger partial charge on any atom is 0.416 e. The first kappa shape index (κ1) is 14.6. The quantitative estimate of drug-likeness (QED) is 0.849. The third-order valence-electron chi connectivity index (χ3n) is 3.35. The summed E-state index contributed by atoms with van der Waals surface area (Å²) >= 11 is 0. The molecule has 1 heterocycles. The highest BCUT2D eigenvalue weighted by atomic mass is 19.4. The molecule has 1 fully saturated rings. The molecule has 1 aromatic carbocycles. The van der Waals surface area contributed by atoms with Crippen LogP contribution >= 0.6 is 0 Å². The van der Waals surface area contributed by atoms with Gasteiger partial charge in [-0.2, -0.15) is 13.2 Å². The maximum atomic E-state index is 12.4. The predicted molar refractivity (Wildman–Crippen MR) is 66.1 cm³/mol. The van der Waals surface area contributed by atoms with Crippen molar-refractivity contribution in [3.05, 3.63) is 35.4 Å². The van der Waals surface area contributed by atoms with E-state index in [1.807, 2.05) is 0 Å². The lowest BCUT2D eigenvalue weighted by Gasteiger charge is -2.12. The van der Waals surface area contributed by atoms with Crippen LogP contribution in [0.15, 0.2) is 24.3 Å². The van der Waals surface area contributed by atoms with E-state index in [9.17, 15) is 22.8 Å². The second kappa shape index (κ2) is 5.64. The van der Waals surface area contributed by atoms with E-state index in [0.29, 0.717) is 19.4 Å². The molecule has 1 aromatic rings. The van der Waals surface area contributed by atoms with Crippen LogP contribution in [-0.2, 0) is 11.0 Å². The molecule has 0 aliphatic carbocycles. The Morgan fingerprint density at radius 3 is 2.45 bits per heavy atom. The van der Waals surface area contributed by atoms with Crippen LogP contribution in [0.1, 0.15) is 35.2 Å². The molecule has 1 amide bonds. The number of carbonyl (C=O) groups excluding carboxylic acids is 2. The van der Waals surface area contributed by atoms with Crippen molar-refractivity contribution in [2.24, 2.45) is 5.92 Å². The van der Waals surface area contributed by atoms with Crippen LogP contribution in [0.5, 0.6) is 0 Å². The number of benzene rings is 1. The summed E-state index contributed by atoms with van der Waals surface area (Å²) in [4.78, 5) is 23.6. The van der Waals surface area contributed by atoms with Crippen molar-refractivity contribution in [3.8, 4) is 0 Å². The van der Waals surface area contributed by atoms with Crippen molar-refractivity contribution in [1.29, 1.82) is 0 Å². The molecule has 1 atom stereocenters. The number of carbonyl (C=O) groups is 2. The Morgan fingerprint density at radius 1 is 1.20 bits per heavy atom. The minimum Gasteiger partial charge on any atom is -0.356 e. The van der Waals surface area contributed by atoms with E-state index in [2.05, 4.69) is 5.32 Å². The Morgan fingerprint density at radius 2 is 1.85 bits per heavy atom. The van der Waals surface area contributed by atoms with E-state index in [0.717, 1.165) is 12.1 Å². The average molecular weight is 285 g/mol. The highest BCUT2D eigenvalue weighted by Crippen LogP contribution is 2.29. The zero-order valence-corrected chi connectivity index (χ0v) is 10.7. The fourth-order valence-corrected chi connectivity index (χ4v) is 2.26. The zero-order chi connectivity index (χ0) is 14.8. The molecule has 1 unspecified atom stereocenters. The number of halogens is 3. The van der Waals surface area contributed by atoms with Gasteiger partial charge in [0.05, 0.1) is 5.56 Å². The van der Waals surface area contributed by atoms with Gasteiger partial charge in [0, 0.05) is 24.4 Å². The first-order valence-corrected chi connectivity index (χ1v) is 6.36. The zero-order valence-electron chi connectivity index (χ0n) is 10.7. The molecule has 1 N–H and O–H groups in total. The Kier molecular flexibility index (Phi) is 4.11. The number of Topliss-reactive ketones (excluding diaryl/α,β-unsaturated/α-hetero) is 1. The highest BCUT2D eigenvalue weighted by Gasteiger charge is 2.31. The smallest absolute Gasteiger partial charge is 0.356 e. The molecule has 1 saturated heterocycles. The van der Waals surface area contributed by atoms with Gasteiger partial charge < -0.3 is 5.32 Å². The molecule has 0 aromatic heterocycles. The lowest BCUT2D eigenvalue weighted by atomic mass is 9.91. The first-order valence-electron chi connectivity index (χ1n) is 6.36. The third kappa shape index (κ3) is 3.37. The maximum absolute atomic E-state index is 12.4. The number of hydrogen-bond donors (Lipinski definition) is 1. The van der Waals surface area contributed by atoms with Crippen molar-refractivity contribution >= 4 is 11.7 Å². The molecule has 1 aliphatic rings. The van der Waals surface area contributed by atoms with E-state index in [-0.39, 0.29) is 23.7 Å². The number of hydrogen-bond acceptors (Lipinski definition) is 2. The molecular weight excluding hydrogens is 271 g/mol. The summed E-state index contributed by atoms with van der Waals surface area (Å²) in [5.41, 5.74) is -0.564. The SMILES string of the molecule is O=C1CC(C(=O)c2ccc(C(F)(F)F)cc2)CCCN1. The molecule has 2 rings (SSSR count). The normalized spacial score (nSPS) is 20.1. The van der Waals surface area contributed by atoms with E-state index < -0.39 is 17.7 Å². The summed E-state index contributed by atoms with van der Waals surface area (Å²) in [6, 6.07) is 4.13. The van der Waals surface area contributed by atoms with Crippen LogP contribution in [0, 0.1) is 5.92 Å². The topological polar surface area (TPSA) is 46.2 Å². The monoisotopic (exact) mass is 285 g/mol. The van der Waals surface area contributed by atoms with Crippen LogP contribution < -0.4 is 5.32 Å². The van der Waals surface area contributed by atoms with Gasteiger partial charge in [0.25, 0.3) is 0 Å². The van der Waals surface area contributed by atoms with Crippen molar-refractivity contribution in [3.63, 3.8) is 0 Å². The van der Waals surface area contributed by atoms with E-state index in [1.165, 1.54) is 12.1 Å². The summed E-state index contributed by atoms with van der Waals surface area (Å²) in [6.45, 7) is 0.537. The fraction of sp³-hybridized carbons (Fsp3) is 0.429. The van der Waals surface area contributed by atoms with E-state index in [1.54, 1.807) is 0 Å². The summed E-state index contributed by atoms with van der Waals surface area (Å²) < 4.78 is 37.3. The van der Waals surface area contributed by atoms with Gasteiger partial charge in [-0.25, -0.2) is 0 Å². The van der Waals surface area contributed by atoms with Crippen LogP contribution in [-0.4, -0.2) is 18.2 Å². The third-order valence-corrected chi connectivity index (χ3v) is 3.35. The molecule has 0 saturated carbocycles. The van der Waals surface area contributed by atoms with Crippen LogP contribution in [0.4, 0.5) is 13.2 Å². The standard InChI is InChI=1S/C14H14F3NO2/c15-14(16,17)11-5-3-9(4-6-11)13(20)10-2-1-7-18-12(19)8-10/h3-6,10H,1-2,7-8H2,(H,18,19). The van der Waals surface area contributed by atoms with Gasteiger partial charge in [-0.15, -0.1) is 0 Å². The number of ketones is 1. The second-order valence-electron chi connectivity index (χ2n) is 4.83. The Balaban J connectivity index is 2.14. The lowest BCUT2D eigenvalue weighted by Crippen LogP contribution is -2.24. The van der Waals surface area contributed by atoms with Gasteiger partial charge in [0.2, 0.25) is 5.91 Å². The van der Waals surface area contributed by atoms with Gasteiger partial charge in [-0.1, -0.05) is 12.1 Å². The molecule has 0 spiro atoms.